The van der Waals surface area contributed by atoms with E-state index >= 15 is 0 Å². The van der Waals surface area contributed by atoms with Crippen LogP contribution in [0.3, 0.4) is 0 Å². The van der Waals surface area contributed by atoms with Crippen molar-refractivity contribution in [2.24, 2.45) is 5.92 Å². The van der Waals surface area contributed by atoms with Gasteiger partial charge in [-0.1, -0.05) is 20.8 Å². The number of fused-ring (bicyclic) bond motifs is 1. The summed E-state index contributed by atoms with van der Waals surface area (Å²) in [5.41, 5.74) is -0.588. The number of esters is 1. The fourth-order valence-electron chi connectivity index (χ4n) is 3.10. The first kappa shape index (κ1) is 22.2. The molecular weight excluding hydrogens is 366 g/mol. The van der Waals surface area contributed by atoms with Gasteiger partial charge in [0.1, 0.15) is 17.8 Å². The second-order valence-electron chi connectivity index (χ2n) is 10.0. The van der Waals surface area contributed by atoms with Crippen LogP contribution in [0.25, 0.3) is 0 Å². The molecule has 0 aromatic carbocycles. The van der Waals surface area contributed by atoms with E-state index < -0.39 is 20.0 Å². The van der Waals surface area contributed by atoms with Crippen LogP contribution in [0.4, 0.5) is 4.79 Å². The maximum Gasteiger partial charge on any atom is 0.407 e. The molecule has 0 aromatic rings. The zero-order valence-corrected chi connectivity index (χ0v) is 19.0. The molecule has 5 atom stereocenters. The quantitative estimate of drug-likeness (QED) is 0.432. The summed E-state index contributed by atoms with van der Waals surface area (Å²) in [6.45, 7) is 17.9. The second kappa shape index (κ2) is 7.37. The average Bonchev–Trinajstić information content (AvgIpc) is 3.16. The molecular formula is C19H35NO6Si. The Balaban J connectivity index is 2.15. The number of hydrogen-bond acceptors (Lipinski definition) is 6. The van der Waals surface area contributed by atoms with Gasteiger partial charge in [-0.2, -0.15) is 0 Å². The lowest BCUT2D eigenvalue weighted by atomic mass is 10.0. The van der Waals surface area contributed by atoms with Crippen molar-refractivity contribution in [1.29, 1.82) is 0 Å². The molecule has 1 aliphatic carbocycles. The van der Waals surface area contributed by atoms with Crippen molar-refractivity contribution in [1.82, 2.24) is 5.32 Å². The fourth-order valence-corrected chi connectivity index (χ4v) is 4.44. The van der Waals surface area contributed by atoms with E-state index in [-0.39, 0.29) is 47.9 Å². The lowest BCUT2D eigenvalue weighted by Crippen LogP contribution is -2.51. The highest BCUT2D eigenvalue weighted by atomic mass is 28.4. The molecule has 0 spiro atoms. The number of rotatable bonds is 5. The molecule has 8 heteroatoms. The third kappa shape index (κ3) is 5.45. The van der Waals surface area contributed by atoms with Crippen LogP contribution in [0, 0.1) is 5.92 Å². The summed E-state index contributed by atoms with van der Waals surface area (Å²) in [5, 5.41) is 2.95. The minimum Gasteiger partial charge on any atom is -0.465 e. The number of epoxide rings is 1. The van der Waals surface area contributed by atoms with E-state index in [1.807, 2.05) is 20.8 Å². The van der Waals surface area contributed by atoms with Crippen LogP contribution in [-0.4, -0.2) is 56.9 Å². The van der Waals surface area contributed by atoms with E-state index in [1.54, 1.807) is 0 Å². The maximum atomic E-state index is 12.3. The summed E-state index contributed by atoms with van der Waals surface area (Å²) in [5.74, 6) is -0.516. The van der Waals surface area contributed by atoms with Crippen LogP contribution < -0.4 is 5.32 Å². The third-order valence-electron chi connectivity index (χ3n) is 5.52. The van der Waals surface area contributed by atoms with Crippen molar-refractivity contribution < 1.29 is 28.2 Å². The lowest BCUT2D eigenvalue weighted by Gasteiger charge is -2.40. The second-order valence-corrected chi connectivity index (χ2v) is 14.8. The molecule has 1 aliphatic heterocycles. The van der Waals surface area contributed by atoms with Gasteiger partial charge < -0.3 is 24.0 Å². The number of nitrogens with one attached hydrogen (secondary N) is 1. The first-order valence-corrected chi connectivity index (χ1v) is 12.5. The molecule has 1 saturated heterocycles. The van der Waals surface area contributed by atoms with Crippen molar-refractivity contribution >= 4 is 20.4 Å². The van der Waals surface area contributed by atoms with Crippen LogP contribution in [0.2, 0.25) is 18.1 Å². The molecule has 0 radical (unpaired) electrons. The number of alkyl carbamates (subject to hydrolysis) is 1. The van der Waals surface area contributed by atoms with E-state index in [9.17, 15) is 9.59 Å². The Morgan fingerprint density at radius 2 is 1.67 bits per heavy atom. The summed E-state index contributed by atoms with van der Waals surface area (Å²) in [7, 11) is -2.06. The Hall–Kier alpha value is -1.12. The van der Waals surface area contributed by atoms with Gasteiger partial charge in [0, 0.05) is 12.8 Å². The lowest BCUT2D eigenvalue weighted by molar-refractivity contribution is -0.144. The van der Waals surface area contributed by atoms with Crippen molar-refractivity contribution in [3.05, 3.63) is 0 Å². The number of amides is 1. The number of carbonyl (C=O) groups is 2. The first-order valence-electron chi connectivity index (χ1n) is 9.58. The summed E-state index contributed by atoms with van der Waals surface area (Å²) in [6.07, 6.45) is -0.926. The van der Waals surface area contributed by atoms with Gasteiger partial charge in [0.05, 0.1) is 18.8 Å². The van der Waals surface area contributed by atoms with Gasteiger partial charge in [0.2, 0.25) is 0 Å². The molecule has 27 heavy (non-hydrogen) atoms. The third-order valence-corrected chi connectivity index (χ3v) is 10.00. The Labute approximate surface area is 163 Å². The maximum absolute atomic E-state index is 12.3. The highest BCUT2D eigenvalue weighted by molar-refractivity contribution is 6.74. The Kier molecular flexibility index (Phi) is 6.05. The first-order chi connectivity index (χ1) is 12.1. The molecule has 1 amide bonds. The molecule has 1 saturated carbocycles. The zero-order chi connectivity index (χ0) is 20.8. The summed E-state index contributed by atoms with van der Waals surface area (Å²) in [6, 6.07) is -0.307. The van der Waals surface area contributed by atoms with E-state index in [2.05, 4.69) is 39.2 Å². The largest absolute Gasteiger partial charge is 0.465 e. The Morgan fingerprint density at radius 3 is 2.15 bits per heavy atom. The van der Waals surface area contributed by atoms with E-state index in [0.29, 0.717) is 0 Å². The van der Waals surface area contributed by atoms with Crippen LogP contribution in [0.15, 0.2) is 0 Å². The standard InChI is InChI=1S/C19H35NO6Si/c1-11(21)23-10-12-13(20-17(22)25-18(2,3)4)15-16(24-15)14(12)26-27(8,9)19(5,6)7/h12-16H,10H2,1-9H3,(H,20,22)/t12-,13+,14-,15-,16+/m1/s1. The highest BCUT2D eigenvalue weighted by Crippen LogP contribution is 2.48. The molecule has 0 unspecified atom stereocenters. The van der Waals surface area contributed by atoms with Gasteiger partial charge in [-0.15, -0.1) is 0 Å². The van der Waals surface area contributed by atoms with Crippen molar-refractivity contribution in [2.75, 3.05) is 6.61 Å². The van der Waals surface area contributed by atoms with Crippen LogP contribution >= 0.6 is 0 Å². The van der Waals surface area contributed by atoms with Crippen molar-refractivity contribution in [3.8, 4) is 0 Å². The topological polar surface area (TPSA) is 86.4 Å². The molecule has 7 nitrogen and oxygen atoms in total. The SMILES string of the molecule is CC(=O)OC[C@@H]1[C@H](NC(=O)OC(C)(C)C)[C@H]2O[C@H]2[C@@H]1O[Si](C)(C)C(C)(C)C. The van der Waals surface area contributed by atoms with Gasteiger partial charge >= 0.3 is 12.1 Å². The number of ether oxygens (including phenoxy) is 3. The van der Waals surface area contributed by atoms with Gasteiger partial charge in [-0.05, 0) is 38.9 Å². The van der Waals surface area contributed by atoms with E-state index in [1.165, 1.54) is 6.92 Å². The molecule has 1 heterocycles. The molecule has 156 valence electrons. The smallest absolute Gasteiger partial charge is 0.407 e. The summed E-state index contributed by atoms with van der Waals surface area (Å²) < 4.78 is 23.1. The summed E-state index contributed by atoms with van der Waals surface area (Å²) >= 11 is 0. The number of hydrogen-bond donors (Lipinski definition) is 1. The van der Waals surface area contributed by atoms with E-state index in [0.717, 1.165) is 0 Å². The van der Waals surface area contributed by atoms with Crippen LogP contribution in [-0.2, 0) is 23.4 Å². The Morgan fingerprint density at radius 1 is 1.07 bits per heavy atom. The predicted octanol–water partition coefficient (Wildman–Crippen LogP) is 3.23. The zero-order valence-electron chi connectivity index (χ0n) is 18.0. The van der Waals surface area contributed by atoms with Gasteiger partial charge in [0.25, 0.3) is 0 Å². The molecule has 0 aromatic heterocycles. The van der Waals surface area contributed by atoms with Crippen molar-refractivity contribution in [3.63, 3.8) is 0 Å². The normalized spacial score (nSPS) is 30.5. The van der Waals surface area contributed by atoms with Gasteiger partial charge in [-0.3, -0.25) is 4.79 Å². The molecule has 1 N–H and O–H groups in total. The average molecular weight is 402 g/mol. The minimum atomic E-state index is -2.06. The molecule has 2 fully saturated rings. The fraction of sp³-hybridized carbons (Fsp3) is 0.895. The van der Waals surface area contributed by atoms with Gasteiger partial charge in [-0.25, -0.2) is 4.79 Å². The highest BCUT2D eigenvalue weighted by Gasteiger charge is 2.64. The summed E-state index contributed by atoms with van der Waals surface area (Å²) in [4.78, 5) is 23.6. The molecule has 2 rings (SSSR count). The van der Waals surface area contributed by atoms with E-state index in [4.69, 9.17) is 18.6 Å². The van der Waals surface area contributed by atoms with Crippen LogP contribution in [0.1, 0.15) is 48.5 Å². The predicted molar refractivity (Wildman–Crippen MR) is 104 cm³/mol. The minimum absolute atomic E-state index is 0.0417. The molecule has 0 bridgehead atoms. The number of carbonyl (C=O) groups excluding carboxylic acids is 2. The van der Waals surface area contributed by atoms with Crippen LogP contribution in [0.5, 0.6) is 0 Å². The van der Waals surface area contributed by atoms with Crippen molar-refractivity contribution in [2.45, 2.75) is 96.6 Å². The Bertz CT molecular complexity index is 580. The monoisotopic (exact) mass is 401 g/mol. The van der Waals surface area contributed by atoms with Gasteiger partial charge in [0.15, 0.2) is 8.32 Å². The molecule has 2 aliphatic rings.